The van der Waals surface area contributed by atoms with E-state index in [1.165, 1.54) is 0 Å². The van der Waals surface area contributed by atoms with E-state index in [2.05, 4.69) is 28.0 Å². The fourth-order valence-electron chi connectivity index (χ4n) is 4.79. The van der Waals surface area contributed by atoms with Crippen LogP contribution in [0.3, 0.4) is 0 Å². The Morgan fingerprint density at radius 2 is 2.03 bits per heavy atom. The molecule has 0 bridgehead atoms. The molecule has 0 atom stereocenters. The van der Waals surface area contributed by atoms with E-state index >= 15 is 0 Å². The van der Waals surface area contributed by atoms with Gasteiger partial charge in [0.05, 0.1) is 30.1 Å². The Kier molecular flexibility index (Phi) is 6.38. The van der Waals surface area contributed by atoms with Crippen LogP contribution in [0, 0.1) is 16.7 Å². The Morgan fingerprint density at radius 1 is 1.19 bits per heavy atom. The number of nitriles is 1. The van der Waals surface area contributed by atoms with Crippen molar-refractivity contribution >= 4 is 17.1 Å². The van der Waals surface area contributed by atoms with Gasteiger partial charge in [-0.1, -0.05) is 13.0 Å². The monoisotopic (exact) mass is 480 g/mol. The second kappa shape index (κ2) is 9.78. The number of pyridine rings is 3. The van der Waals surface area contributed by atoms with Crippen molar-refractivity contribution in [3.63, 3.8) is 0 Å². The van der Waals surface area contributed by atoms with E-state index in [0.29, 0.717) is 24.3 Å². The first kappa shape index (κ1) is 23.5. The molecule has 4 aromatic heterocycles. The molecule has 0 N–H and O–H groups in total. The largest absolute Gasteiger partial charge is 0.492 e. The SMILES string of the molecule is CCOc1cc(-c2ccc(N3CCC(C)(C(=O)Cc4cccnc4)CC3)nc2)c2c(C#N)cnn2c1. The van der Waals surface area contributed by atoms with Crippen molar-refractivity contribution < 1.29 is 9.53 Å². The van der Waals surface area contributed by atoms with Crippen LogP contribution in [-0.4, -0.2) is 45.1 Å². The quantitative estimate of drug-likeness (QED) is 0.385. The van der Waals surface area contributed by atoms with Crippen molar-refractivity contribution in [3.8, 4) is 22.9 Å². The minimum atomic E-state index is -0.340. The van der Waals surface area contributed by atoms with E-state index in [1.807, 2.05) is 43.5 Å². The molecule has 0 radical (unpaired) electrons. The second-order valence-electron chi connectivity index (χ2n) is 9.40. The van der Waals surface area contributed by atoms with Crippen molar-refractivity contribution in [2.45, 2.75) is 33.1 Å². The van der Waals surface area contributed by atoms with Crippen molar-refractivity contribution in [1.82, 2.24) is 19.6 Å². The minimum absolute atomic E-state index is 0.269. The molecule has 1 aliphatic heterocycles. The number of fused-ring (bicyclic) bond motifs is 1. The number of piperidine rings is 1. The molecule has 5 rings (SSSR count). The molecule has 8 nitrogen and oxygen atoms in total. The summed E-state index contributed by atoms with van der Waals surface area (Å²) in [6.45, 7) is 6.08. The number of hydrogen-bond donors (Lipinski definition) is 0. The van der Waals surface area contributed by atoms with Gasteiger partial charge in [0.25, 0.3) is 0 Å². The summed E-state index contributed by atoms with van der Waals surface area (Å²) in [7, 11) is 0. The first-order chi connectivity index (χ1) is 17.5. The predicted molar refractivity (Wildman–Crippen MR) is 137 cm³/mol. The maximum Gasteiger partial charge on any atom is 0.143 e. The molecule has 0 unspecified atom stereocenters. The topological polar surface area (TPSA) is 96.4 Å². The van der Waals surface area contributed by atoms with Gasteiger partial charge >= 0.3 is 0 Å². The number of carbonyl (C=O) groups excluding carboxylic acids is 1. The summed E-state index contributed by atoms with van der Waals surface area (Å²) in [6, 6.07) is 12.0. The lowest BCUT2D eigenvalue weighted by Crippen LogP contribution is -2.43. The van der Waals surface area contributed by atoms with Gasteiger partial charge in [0.1, 0.15) is 23.4 Å². The minimum Gasteiger partial charge on any atom is -0.492 e. The van der Waals surface area contributed by atoms with Gasteiger partial charge in [0.2, 0.25) is 0 Å². The van der Waals surface area contributed by atoms with E-state index in [0.717, 1.165) is 54.0 Å². The highest BCUT2D eigenvalue weighted by molar-refractivity contribution is 5.87. The number of aromatic nitrogens is 4. The Bertz CT molecular complexity index is 1410. The molecule has 1 aliphatic rings. The molecule has 0 aromatic carbocycles. The smallest absolute Gasteiger partial charge is 0.143 e. The lowest BCUT2D eigenvalue weighted by atomic mass is 9.75. The van der Waals surface area contributed by atoms with Crippen LogP contribution >= 0.6 is 0 Å². The van der Waals surface area contributed by atoms with Gasteiger partial charge in [0.15, 0.2) is 0 Å². The van der Waals surface area contributed by atoms with Gasteiger partial charge in [-0.05, 0) is 49.6 Å². The number of nitrogens with zero attached hydrogens (tertiary/aromatic N) is 6. The molecule has 5 heterocycles. The molecular formula is C28H28N6O2. The third-order valence-corrected chi connectivity index (χ3v) is 7.03. The van der Waals surface area contributed by atoms with Crippen LogP contribution in [0.25, 0.3) is 16.6 Å². The summed E-state index contributed by atoms with van der Waals surface area (Å²) in [5.41, 5.74) is 3.59. The van der Waals surface area contributed by atoms with Crippen LogP contribution in [-0.2, 0) is 11.2 Å². The molecule has 182 valence electrons. The average Bonchev–Trinajstić information content (AvgIpc) is 3.33. The van der Waals surface area contributed by atoms with Crippen LogP contribution in [0.15, 0.2) is 61.3 Å². The Balaban J connectivity index is 1.33. The van der Waals surface area contributed by atoms with E-state index < -0.39 is 0 Å². The lowest BCUT2D eigenvalue weighted by molar-refractivity contribution is -0.128. The lowest BCUT2D eigenvalue weighted by Gasteiger charge is -2.39. The molecule has 36 heavy (non-hydrogen) atoms. The van der Waals surface area contributed by atoms with Gasteiger partial charge in [-0.2, -0.15) is 10.4 Å². The zero-order valence-electron chi connectivity index (χ0n) is 20.5. The second-order valence-corrected chi connectivity index (χ2v) is 9.40. The Morgan fingerprint density at radius 3 is 2.69 bits per heavy atom. The van der Waals surface area contributed by atoms with Gasteiger partial charge in [0, 0.05) is 54.6 Å². The van der Waals surface area contributed by atoms with Crippen LogP contribution in [0.2, 0.25) is 0 Å². The highest BCUT2D eigenvalue weighted by Crippen LogP contribution is 2.35. The number of hydrogen-bond acceptors (Lipinski definition) is 7. The van der Waals surface area contributed by atoms with Gasteiger partial charge < -0.3 is 9.64 Å². The van der Waals surface area contributed by atoms with Gasteiger partial charge in [-0.3, -0.25) is 9.78 Å². The van der Waals surface area contributed by atoms with Gasteiger partial charge in [-0.25, -0.2) is 9.50 Å². The third kappa shape index (κ3) is 4.52. The summed E-state index contributed by atoms with van der Waals surface area (Å²) in [5, 5.41) is 13.9. The standard InChI is InChI=1S/C28H28N6O2/c1-3-36-23-14-24(27-22(15-29)18-32-34(27)19-23)21-6-7-26(31-17-21)33-11-8-28(2,9-12-33)25(35)13-20-5-4-10-30-16-20/h4-7,10,14,16-19H,3,8-9,11-13H2,1-2H3. The third-order valence-electron chi connectivity index (χ3n) is 7.03. The molecule has 0 spiro atoms. The first-order valence-electron chi connectivity index (χ1n) is 12.2. The normalized spacial score (nSPS) is 15.0. The summed E-state index contributed by atoms with van der Waals surface area (Å²) in [5.74, 6) is 1.83. The van der Waals surface area contributed by atoms with E-state index in [-0.39, 0.29) is 11.2 Å². The zero-order chi connectivity index (χ0) is 25.1. The van der Waals surface area contributed by atoms with E-state index in [4.69, 9.17) is 9.72 Å². The molecular weight excluding hydrogens is 452 g/mol. The number of ether oxygens (including phenoxy) is 1. The van der Waals surface area contributed by atoms with Crippen LogP contribution < -0.4 is 9.64 Å². The molecule has 4 aromatic rings. The predicted octanol–water partition coefficient (Wildman–Crippen LogP) is 4.48. The fraction of sp³-hybridized carbons (Fsp3) is 0.321. The molecule has 8 heteroatoms. The number of rotatable bonds is 7. The highest BCUT2D eigenvalue weighted by atomic mass is 16.5. The van der Waals surface area contributed by atoms with Crippen LogP contribution in [0.4, 0.5) is 5.82 Å². The summed E-state index contributed by atoms with van der Waals surface area (Å²) in [4.78, 5) is 24.1. The number of anilines is 1. The summed E-state index contributed by atoms with van der Waals surface area (Å²) < 4.78 is 7.39. The summed E-state index contributed by atoms with van der Waals surface area (Å²) in [6.07, 6.45) is 10.7. The molecule has 0 amide bonds. The maximum absolute atomic E-state index is 13.0. The Labute approximate surface area is 210 Å². The van der Waals surface area contributed by atoms with Crippen molar-refractivity contribution in [1.29, 1.82) is 5.26 Å². The van der Waals surface area contributed by atoms with Crippen molar-refractivity contribution in [2.75, 3.05) is 24.6 Å². The Hall–Kier alpha value is -4.25. The van der Waals surface area contributed by atoms with Crippen molar-refractivity contribution in [2.24, 2.45) is 5.41 Å². The fourth-order valence-corrected chi connectivity index (χ4v) is 4.79. The molecule has 0 saturated carbocycles. The highest BCUT2D eigenvalue weighted by Gasteiger charge is 2.36. The van der Waals surface area contributed by atoms with E-state index in [9.17, 15) is 10.1 Å². The maximum atomic E-state index is 13.0. The zero-order valence-corrected chi connectivity index (χ0v) is 20.5. The molecule has 0 aliphatic carbocycles. The average molecular weight is 481 g/mol. The molecule has 1 fully saturated rings. The van der Waals surface area contributed by atoms with E-state index in [1.54, 1.807) is 29.3 Å². The van der Waals surface area contributed by atoms with Crippen LogP contribution in [0.5, 0.6) is 5.75 Å². The van der Waals surface area contributed by atoms with Gasteiger partial charge in [-0.15, -0.1) is 0 Å². The number of carbonyl (C=O) groups is 1. The summed E-state index contributed by atoms with van der Waals surface area (Å²) >= 11 is 0. The number of ketones is 1. The number of Topliss-reactive ketones (excluding diaryl/α,β-unsaturated/α-hetero) is 1. The molecule has 1 saturated heterocycles. The van der Waals surface area contributed by atoms with Crippen molar-refractivity contribution in [3.05, 3.63) is 72.4 Å². The first-order valence-corrected chi connectivity index (χ1v) is 12.2. The van der Waals surface area contributed by atoms with Crippen LogP contribution in [0.1, 0.15) is 37.8 Å².